The number of rotatable bonds is 5. The number of carbonyl (C=O) groups is 1. The van der Waals surface area contributed by atoms with Gasteiger partial charge in [0.05, 0.1) is 0 Å². The van der Waals surface area contributed by atoms with Crippen molar-refractivity contribution in [2.24, 2.45) is 5.73 Å². The number of amides is 1. The van der Waals surface area contributed by atoms with Crippen molar-refractivity contribution in [2.45, 2.75) is 20.0 Å². The lowest BCUT2D eigenvalue weighted by molar-refractivity contribution is 0.0752. The van der Waals surface area contributed by atoms with Crippen molar-refractivity contribution in [3.05, 3.63) is 71.3 Å². The van der Waals surface area contributed by atoms with E-state index in [1.807, 2.05) is 66.4 Å². The third-order valence-corrected chi connectivity index (χ3v) is 3.39. The second-order valence-corrected chi connectivity index (χ2v) is 4.66. The highest BCUT2D eigenvalue weighted by atomic mass is 16.2. The average Bonchev–Trinajstić information content (AvgIpc) is 2.53. The predicted molar refractivity (Wildman–Crippen MR) is 81.2 cm³/mol. The second kappa shape index (κ2) is 6.87. The first-order valence-electron chi connectivity index (χ1n) is 6.87. The minimum absolute atomic E-state index is 0.0555. The highest BCUT2D eigenvalue weighted by molar-refractivity contribution is 5.94. The summed E-state index contributed by atoms with van der Waals surface area (Å²) in [6, 6.07) is 17.4. The molecule has 0 saturated heterocycles. The maximum absolute atomic E-state index is 12.5. The van der Waals surface area contributed by atoms with Crippen LogP contribution in [0.1, 0.15) is 28.4 Å². The van der Waals surface area contributed by atoms with E-state index in [9.17, 15) is 4.79 Å². The van der Waals surface area contributed by atoms with Crippen molar-refractivity contribution in [2.75, 3.05) is 6.54 Å². The van der Waals surface area contributed by atoms with E-state index in [0.717, 1.165) is 16.7 Å². The van der Waals surface area contributed by atoms with Gasteiger partial charge in [0.15, 0.2) is 0 Å². The molecule has 0 aliphatic carbocycles. The minimum Gasteiger partial charge on any atom is -0.335 e. The fourth-order valence-electron chi connectivity index (χ4n) is 2.21. The van der Waals surface area contributed by atoms with E-state index >= 15 is 0 Å². The number of benzene rings is 2. The summed E-state index contributed by atoms with van der Waals surface area (Å²) in [5.41, 5.74) is 8.68. The Morgan fingerprint density at radius 1 is 1.00 bits per heavy atom. The lowest BCUT2D eigenvalue weighted by Crippen LogP contribution is -2.30. The quantitative estimate of drug-likeness (QED) is 0.906. The molecule has 0 radical (unpaired) electrons. The fraction of sp³-hybridized carbons (Fsp3) is 0.235. The molecule has 3 heteroatoms. The summed E-state index contributed by atoms with van der Waals surface area (Å²) >= 11 is 0. The van der Waals surface area contributed by atoms with Crippen LogP contribution in [0.25, 0.3) is 0 Å². The molecule has 0 aliphatic rings. The molecule has 0 heterocycles. The monoisotopic (exact) mass is 268 g/mol. The van der Waals surface area contributed by atoms with Crippen LogP contribution in [0.5, 0.6) is 0 Å². The van der Waals surface area contributed by atoms with Crippen LogP contribution < -0.4 is 5.73 Å². The number of nitrogens with zero attached hydrogens (tertiary/aromatic N) is 1. The molecular weight excluding hydrogens is 248 g/mol. The number of carbonyl (C=O) groups excluding carboxylic acids is 1. The first-order valence-corrected chi connectivity index (χ1v) is 6.87. The molecule has 0 unspecified atom stereocenters. The van der Waals surface area contributed by atoms with Crippen molar-refractivity contribution in [1.29, 1.82) is 0 Å². The summed E-state index contributed by atoms with van der Waals surface area (Å²) in [5.74, 6) is 0.0555. The second-order valence-electron chi connectivity index (χ2n) is 4.66. The summed E-state index contributed by atoms with van der Waals surface area (Å²) in [6.07, 6.45) is 0. The van der Waals surface area contributed by atoms with Crippen LogP contribution in [0.4, 0.5) is 0 Å². The molecule has 2 rings (SSSR count). The van der Waals surface area contributed by atoms with Gasteiger partial charge in [-0.15, -0.1) is 0 Å². The molecule has 104 valence electrons. The lowest BCUT2D eigenvalue weighted by Gasteiger charge is -2.22. The normalized spacial score (nSPS) is 10.3. The van der Waals surface area contributed by atoms with Gasteiger partial charge in [-0.3, -0.25) is 4.79 Å². The molecule has 2 aromatic carbocycles. The molecule has 2 N–H and O–H groups in total. The summed E-state index contributed by atoms with van der Waals surface area (Å²) in [5, 5.41) is 0. The molecule has 0 spiro atoms. The summed E-state index contributed by atoms with van der Waals surface area (Å²) in [6.45, 7) is 3.75. The number of nitrogens with two attached hydrogens (primary N) is 1. The molecule has 0 bridgehead atoms. The zero-order valence-corrected chi connectivity index (χ0v) is 11.8. The molecule has 3 nitrogen and oxygen atoms in total. The summed E-state index contributed by atoms with van der Waals surface area (Å²) in [7, 11) is 0. The van der Waals surface area contributed by atoms with E-state index in [2.05, 4.69) is 0 Å². The Morgan fingerprint density at radius 3 is 2.20 bits per heavy atom. The van der Waals surface area contributed by atoms with Gasteiger partial charge in [-0.25, -0.2) is 0 Å². The van der Waals surface area contributed by atoms with Gasteiger partial charge in [0.25, 0.3) is 5.91 Å². The van der Waals surface area contributed by atoms with Gasteiger partial charge in [0.2, 0.25) is 0 Å². The Bertz CT molecular complexity index is 566. The molecule has 0 saturated carbocycles. The maximum Gasteiger partial charge on any atom is 0.254 e. The average molecular weight is 268 g/mol. The van der Waals surface area contributed by atoms with E-state index < -0.39 is 0 Å². The van der Waals surface area contributed by atoms with Crippen molar-refractivity contribution in [3.8, 4) is 0 Å². The van der Waals surface area contributed by atoms with Crippen LogP contribution in [0.15, 0.2) is 54.6 Å². The van der Waals surface area contributed by atoms with Gasteiger partial charge in [-0.05, 0) is 30.2 Å². The summed E-state index contributed by atoms with van der Waals surface area (Å²) in [4.78, 5) is 14.3. The van der Waals surface area contributed by atoms with E-state index in [-0.39, 0.29) is 5.91 Å². The van der Waals surface area contributed by atoms with Gasteiger partial charge < -0.3 is 10.6 Å². The van der Waals surface area contributed by atoms with Crippen LogP contribution in [0.3, 0.4) is 0 Å². The van der Waals surface area contributed by atoms with Crippen LogP contribution in [-0.4, -0.2) is 17.4 Å². The van der Waals surface area contributed by atoms with Gasteiger partial charge in [-0.1, -0.05) is 42.5 Å². The van der Waals surface area contributed by atoms with Crippen molar-refractivity contribution in [3.63, 3.8) is 0 Å². The Kier molecular flexibility index (Phi) is 4.91. The highest BCUT2D eigenvalue weighted by Gasteiger charge is 2.15. The van der Waals surface area contributed by atoms with E-state index in [4.69, 9.17) is 5.73 Å². The van der Waals surface area contributed by atoms with Crippen molar-refractivity contribution < 1.29 is 4.79 Å². The molecular formula is C17H20N2O. The Balaban J connectivity index is 2.19. The number of hydrogen-bond donors (Lipinski definition) is 1. The third-order valence-electron chi connectivity index (χ3n) is 3.39. The smallest absolute Gasteiger partial charge is 0.254 e. The minimum atomic E-state index is 0.0555. The van der Waals surface area contributed by atoms with Gasteiger partial charge >= 0.3 is 0 Å². The zero-order valence-electron chi connectivity index (χ0n) is 11.8. The maximum atomic E-state index is 12.5. The largest absolute Gasteiger partial charge is 0.335 e. The van der Waals surface area contributed by atoms with Gasteiger partial charge in [0, 0.05) is 25.2 Å². The predicted octanol–water partition coefficient (Wildman–Crippen LogP) is 2.81. The molecule has 0 atom stereocenters. The van der Waals surface area contributed by atoms with Crippen molar-refractivity contribution in [1.82, 2.24) is 4.90 Å². The van der Waals surface area contributed by atoms with Crippen molar-refractivity contribution >= 4 is 5.91 Å². The lowest BCUT2D eigenvalue weighted by atomic mass is 10.1. The molecule has 0 aliphatic heterocycles. The molecule has 1 amide bonds. The molecule has 0 aromatic heterocycles. The SMILES string of the molecule is CCN(Cc1ccccc1CN)C(=O)c1ccccc1. The third kappa shape index (κ3) is 3.25. The van der Waals surface area contributed by atoms with Crippen LogP contribution in [-0.2, 0) is 13.1 Å². The van der Waals surface area contributed by atoms with Gasteiger partial charge in [-0.2, -0.15) is 0 Å². The van der Waals surface area contributed by atoms with Crippen LogP contribution in [0.2, 0.25) is 0 Å². The topological polar surface area (TPSA) is 46.3 Å². The Labute approximate surface area is 120 Å². The standard InChI is InChI=1S/C17H20N2O/c1-2-19(17(20)14-8-4-3-5-9-14)13-16-11-7-6-10-15(16)12-18/h3-11H,2,12-13,18H2,1H3. The number of hydrogen-bond acceptors (Lipinski definition) is 2. The van der Waals surface area contributed by atoms with Crippen LogP contribution in [0, 0.1) is 0 Å². The Morgan fingerprint density at radius 2 is 1.60 bits per heavy atom. The van der Waals surface area contributed by atoms with E-state index in [1.54, 1.807) is 0 Å². The molecule has 20 heavy (non-hydrogen) atoms. The molecule has 2 aromatic rings. The first-order chi connectivity index (χ1) is 9.76. The van der Waals surface area contributed by atoms with Gasteiger partial charge in [0.1, 0.15) is 0 Å². The van der Waals surface area contributed by atoms with E-state index in [0.29, 0.717) is 19.6 Å². The Hall–Kier alpha value is -2.13. The zero-order chi connectivity index (χ0) is 14.4. The van der Waals surface area contributed by atoms with E-state index in [1.165, 1.54) is 0 Å². The molecule has 0 fully saturated rings. The highest BCUT2D eigenvalue weighted by Crippen LogP contribution is 2.13. The first kappa shape index (κ1) is 14.3. The fourth-order valence-corrected chi connectivity index (χ4v) is 2.21. The van der Waals surface area contributed by atoms with Crippen LogP contribution >= 0.6 is 0 Å². The summed E-state index contributed by atoms with van der Waals surface area (Å²) < 4.78 is 0.